The third-order valence-corrected chi connectivity index (χ3v) is 5.28. The first-order chi connectivity index (χ1) is 14.1. The zero-order chi connectivity index (χ0) is 20.6. The molecule has 0 radical (unpaired) electrons. The average Bonchev–Trinajstić information content (AvgIpc) is 3.36. The first kappa shape index (κ1) is 21.3. The van der Waals surface area contributed by atoms with E-state index in [1.165, 1.54) is 0 Å². The normalized spacial score (nSPS) is 16.3. The van der Waals surface area contributed by atoms with E-state index in [0.29, 0.717) is 39.3 Å². The molecule has 7 nitrogen and oxygen atoms in total. The van der Waals surface area contributed by atoms with Crippen LogP contribution in [0.1, 0.15) is 33.1 Å². The highest BCUT2D eigenvalue weighted by molar-refractivity contribution is 5.94. The lowest BCUT2D eigenvalue weighted by Gasteiger charge is -2.19. The Kier molecular flexibility index (Phi) is 7.66. The Morgan fingerprint density at radius 1 is 1.28 bits per heavy atom. The second kappa shape index (κ2) is 10.4. The maximum absolute atomic E-state index is 12.4. The Hall–Kier alpha value is -2.38. The lowest BCUT2D eigenvalue weighted by molar-refractivity contribution is -0.131. The maximum atomic E-state index is 12.4. The zero-order valence-electron chi connectivity index (χ0n) is 17.4. The fourth-order valence-corrected chi connectivity index (χ4v) is 3.62. The molecule has 1 aromatic heterocycles. The van der Waals surface area contributed by atoms with Gasteiger partial charge in [0.1, 0.15) is 6.54 Å². The molecule has 2 heterocycles. The summed E-state index contributed by atoms with van der Waals surface area (Å²) in [6.07, 6.45) is 4.52. The predicted molar refractivity (Wildman–Crippen MR) is 113 cm³/mol. The molecular weight excluding hydrogens is 370 g/mol. The van der Waals surface area contributed by atoms with Crippen LogP contribution in [0.15, 0.2) is 30.5 Å². The van der Waals surface area contributed by atoms with Gasteiger partial charge >= 0.3 is 0 Å². The van der Waals surface area contributed by atoms with E-state index in [1.54, 1.807) is 0 Å². The zero-order valence-corrected chi connectivity index (χ0v) is 17.4. The smallest absolute Gasteiger partial charge is 0.242 e. The van der Waals surface area contributed by atoms with Crippen LogP contribution in [0.3, 0.4) is 0 Å². The van der Waals surface area contributed by atoms with Crippen molar-refractivity contribution in [3.63, 3.8) is 0 Å². The minimum atomic E-state index is -0.0761. The van der Waals surface area contributed by atoms with Crippen molar-refractivity contribution in [2.75, 3.05) is 38.2 Å². The van der Waals surface area contributed by atoms with Gasteiger partial charge in [0.2, 0.25) is 11.8 Å². The molecule has 3 rings (SSSR count). The number of nitrogens with zero attached hydrogens (tertiary/aromatic N) is 2. The monoisotopic (exact) mass is 401 g/mol. The Labute approximate surface area is 171 Å². The molecule has 1 aliphatic rings. The molecule has 1 saturated heterocycles. The van der Waals surface area contributed by atoms with Crippen LogP contribution in [0, 0.1) is 0 Å². The van der Waals surface area contributed by atoms with E-state index in [-0.39, 0.29) is 17.9 Å². The van der Waals surface area contributed by atoms with Gasteiger partial charge in [0, 0.05) is 42.5 Å². The second-order valence-corrected chi connectivity index (χ2v) is 7.29. The van der Waals surface area contributed by atoms with Gasteiger partial charge in [-0.3, -0.25) is 9.59 Å². The molecule has 1 fully saturated rings. The summed E-state index contributed by atoms with van der Waals surface area (Å²) < 4.78 is 13.0. The van der Waals surface area contributed by atoms with Gasteiger partial charge in [0.25, 0.3) is 0 Å². The Bertz CT molecular complexity index is 823. The van der Waals surface area contributed by atoms with Crippen molar-refractivity contribution < 1.29 is 19.1 Å². The van der Waals surface area contributed by atoms with Crippen molar-refractivity contribution in [2.45, 2.75) is 45.8 Å². The number of fused-ring (bicyclic) bond motifs is 1. The molecule has 1 aliphatic heterocycles. The molecule has 2 aromatic rings. The van der Waals surface area contributed by atoms with E-state index in [2.05, 4.69) is 5.32 Å². The van der Waals surface area contributed by atoms with Crippen LogP contribution in [0.2, 0.25) is 0 Å². The highest BCUT2D eigenvalue weighted by atomic mass is 16.5. The highest BCUT2D eigenvalue weighted by Crippen LogP contribution is 2.21. The summed E-state index contributed by atoms with van der Waals surface area (Å²) in [5.41, 5.74) is 1.72. The molecular formula is C22H31N3O4. The summed E-state index contributed by atoms with van der Waals surface area (Å²) in [5, 5.41) is 3.90. The fourth-order valence-electron chi connectivity index (χ4n) is 3.62. The average molecular weight is 402 g/mol. The Balaban J connectivity index is 1.50. The van der Waals surface area contributed by atoms with Gasteiger partial charge in [-0.15, -0.1) is 0 Å². The molecule has 1 N–H and O–H groups in total. The van der Waals surface area contributed by atoms with Gasteiger partial charge in [0.05, 0.1) is 25.7 Å². The number of amides is 2. The van der Waals surface area contributed by atoms with Gasteiger partial charge in [0.15, 0.2) is 0 Å². The maximum Gasteiger partial charge on any atom is 0.242 e. The third-order valence-electron chi connectivity index (χ3n) is 5.28. The van der Waals surface area contributed by atoms with Crippen LogP contribution in [-0.4, -0.2) is 60.3 Å². The largest absolute Gasteiger partial charge is 0.378 e. The molecule has 2 amide bonds. The lowest BCUT2D eigenvalue weighted by atomic mass is 10.2. The highest BCUT2D eigenvalue weighted by Gasteiger charge is 2.15. The number of hydrogen-bond donors (Lipinski definition) is 1. The van der Waals surface area contributed by atoms with Gasteiger partial charge in [-0.1, -0.05) is 0 Å². The van der Waals surface area contributed by atoms with Crippen LogP contribution >= 0.6 is 0 Å². The number of rotatable bonds is 10. The van der Waals surface area contributed by atoms with Crippen molar-refractivity contribution in [3.8, 4) is 0 Å². The Morgan fingerprint density at radius 2 is 2.10 bits per heavy atom. The Morgan fingerprint density at radius 3 is 2.83 bits per heavy atom. The molecule has 1 unspecified atom stereocenters. The van der Waals surface area contributed by atoms with Crippen molar-refractivity contribution in [3.05, 3.63) is 30.5 Å². The topological polar surface area (TPSA) is 72.8 Å². The van der Waals surface area contributed by atoms with Crippen molar-refractivity contribution >= 4 is 28.4 Å². The standard InChI is InChI=1S/C22H31N3O4/c1-3-24(4-2)22(27)15-25-11-9-17-14-18(7-8-20(17)25)23-21(26)10-13-28-16-19-6-5-12-29-19/h7-9,11,14,19H,3-6,10,12-13,15-16H2,1-2H3,(H,23,26). The quantitative estimate of drug-likeness (QED) is 0.621. The van der Waals surface area contributed by atoms with Gasteiger partial charge in [-0.05, 0) is 51.0 Å². The predicted octanol–water partition coefficient (Wildman–Crippen LogP) is 3.03. The number of benzene rings is 1. The first-order valence-corrected chi connectivity index (χ1v) is 10.5. The fraction of sp³-hybridized carbons (Fsp3) is 0.545. The number of hydrogen-bond acceptors (Lipinski definition) is 4. The lowest BCUT2D eigenvalue weighted by Crippen LogP contribution is -2.33. The van der Waals surface area contributed by atoms with Gasteiger partial charge in [-0.2, -0.15) is 0 Å². The summed E-state index contributed by atoms with van der Waals surface area (Å²) in [4.78, 5) is 26.3. The van der Waals surface area contributed by atoms with E-state index in [4.69, 9.17) is 9.47 Å². The summed E-state index contributed by atoms with van der Waals surface area (Å²) in [5.74, 6) is 0.0284. The molecule has 29 heavy (non-hydrogen) atoms. The molecule has 158 valence electrons. The van der Waals surface area contributed by atoms with Crippen LogP contribution in [-0.2, 0) is 25.6 Å². The number of anilines is 1. The van der Waals surface area contributed by atoms with E-state index >= 15 is 0 Å². The second-order valence-electron chi connectivity index (χ2n) is 7.29. The summed E-state index contributed by atoms with van der Waals surface area (Å²) in [6.45, 7) is 7.46. The van der Waals surface area contributed by atoms with Crippen molar-refractivity contribution in [1.29, 1.82) is 0 Å². The first-order valence-electron chi connectivity index (χ1n) is 10.5. The number of ether oxygens (including phenoxy) is 2. The van der Waals surface area contributed by atoms with Gasteiger partial charge in [-0.25, -0.2) is 0 Å². The summed E-state index contributed by atoms with van der Waals surface area (Å²) in [7, 11) is 0. The molecule has 7 heteroatoms. The molecule has 0 aliphatic carbocycles. The SMILES string of the molecule is CCN(CC)C(=O)Cn1ccc2cc(NC(=O)CCOCC3CCCO3)ccc21. The number of aromatic nitrogens is 1. The number of carbonyl (C=O) groups excluding carboxylic acids is 2. The molecule has 1 atom stereocenters. The minimum Gasteiger partial charge on any atom is -0.378 e. The van der Waals surface area contributed by atoms with E-state index in [1.807, 2.05) is 53.8 Å². The number of nitrogens with one attached hydrogen (secondary N) is 1. The van der Waals surface area contributed by atoms with E-state index in [0.717, 1.165) is 36.0 Å². The summed E-state index contributed by atoms with van der Waals surface area (Å²) >= 11 is 0. The summed E-state index contributed by atoms with van der Waals surface area (Å²) in [6, 6.07) is 7.70. The third kappa shape index (κ3) is 5.81. The number of carbonyl (C=O) groups is 2. The van der Waals surface area contributed by atoms with Crippen LogP contribution in [0.4, 0.5) is 5.69 Å². The number of likely N-dealkylation sites (N-methyl/N-ethyl adjacent to an activating group) is 1. The van der Waals surface area contributed by atoms with Gasteiger partial charge < -0.3 is 24.3 Å². The molecule has 0 spiro atoms. The molecule has 0 saturated carbocycles. The van der Waals surface area contributed by atoms with Crippen LogP contribution < -0.4 is 5.32 Å². The van der Waals surface area contributed by atoms with E-state index < -0.39 is 0 Å². The van der Waals surface area contributed by atoms with Crippen LogP contribution in [0.5, 0.6) is 0 Å². The van der Waals surface area contributed by atoms with E-state index in [9.17, 15) is 9.59 Å². The van der Waals surface area contributed by atoms with Crippen LogP contribution in [0.25, 0.3) is 10.9 Å². The van der Waals surface area contributed by atoms with Crippen molar-refractivity contribution in [1.82, 2.24) is 9.47 Å². The molecule has 0 bridgehead atoms. The minimum absolute atomic E-state index is 0.0761. The van der Waals surface area contributed by atoms with Crippen molar-refractivity contribution in [2.24, 2.45) is 0 Å². The molecule has 1 aromatic carbocycles.